The van der Waals surface area contributed by atoms with Crippen molar-refractivity contribution in [2.24, 2.45) is 0 Å². The van der Waals surface area contributed by atoms with Crippen LogP contribution in [0.2, 0.25) is 0 Å². The predicted octanol–water partition coefficient (Wildman–Crippen LogP) is 3.22. The third-order valence-electron chi connectivity index (χ3n) is 4.23. The number of aromatic nitrogens is 3. The number of carbonyl (C=O) groups is 2. The van der Waals surface area contributed by atoms with Gasteiger partial charge in [-0.25, -0.2) is 9.69 Å². The van der Waals surface area contributed by atoms with Crippen molar-refractivity contribution >= 4 is 29.1 Å². The second-order valence-electron chi connectivity index (χ2n) is 5.87. The maximum Gasteiger partial charge on any atom is 0.246 e. The fraction of sp³-hybridized carbons (Fsp3) is 0.333. The Morgan fingerprint density at radius 1 is 1.12 bits per heavy atom. The van der Waals surface area contributed by atoms with Gasteiger partial charge in [-0.15, -0.1) is 10.2 Å². The van der Waals surface area contributed by atoms with Gasteiger partial charge < -0.3 is 0 Å². The number of fused-ring (bicyclic) bond motifs is 1. The molecule has 1 aromatic carbocycles. The van der Waals surface area contributed by atoms with E-state index in [4.69, 9.17) is 0 Å². The highest BCUT2D eigenvalue weighted by Gasteiger charge is 2.34. The summed E-state index contributed by atoms with van der Waals surface area (Å²) < 4.78 is 1.62. The summed E-state index contributed by atoms with van der Waals surface area (Å²) in [5.41, 5.74) is 3.72. The number of Topliss-reactive ketones (excluding diaryl/α,β-unsaturated/α-hetero) is 1. The Morgan fingerprint density at radius 2 is 1.88 bits per heavy atom. The monoisotopic (exact) mass is 356 g/mol. The average Bonchev–Trinajstić information content (AvgIpc) is 3.09. The number of thioether (sulfide) groups is 1. The van der Waals surface area contributed by atoms with Crippen LogP contribution in [0, 0.1) is 13.8 Å². The first-order valence-electron chi connectivity index (χ1n) is 8.24. The molecule has 1 aliphatic heterocycles. The Bertz CT molecular complexity index is 885. The standard InChI is InChI=1S/C18H20N4O2S/c1-5-14(23)17-16(13-8-7-11(3)12(4)9-13)22(15(24)6-2)21-10-19-20-18(21)25-17/h7-10H,5-6H2,1-4H3. The molecule has 7 heteroatoms. The molecule has 1 aliphatic rings. The predicted molar refractivity (Wildman–Crippen MR) is 97.5 cm³/mol. The number of carbonyl (C=O) groups excluding carboxylic acids is 2. The minimum absolute atomic E-state index is 0.0126. The maximum atomic E-state index is 12.7. The quantitative estimate of drug-likeness (QED) is 0.841. The van der Waals surface area contributed by atoms with Crippen LogP contribution in [0.1, 0.15) is 43.4 Å². The molecule has 0 saturated heterocycles. The Kier molecular flexibility index (Phi) is 4.76. The van der Waals surface area contributed by atoms with E-state index in [0.29, 0.717) is 28.6 Å². The van der Waals surface area contributed by atoms with Crippen LogP contribution in [0.5, 0.6) is 0 Å². The minimum Gasteiger partial charge on any atom is -0.294 e. The van der Waals surface area contributed by atoms with Crippen LogP contribution >= 0.6 is 11.8 Å². The number of benzene rings is 1. The van der Waals surface area contributed by atoms with Crippen molar-refractivity contribution in [3.8, 4) is 0 Å². The van der Waals surface area contributed by atoms with E-state index in [1.54, 1.807) is 11.6 Å². The van der Waals surface area contributed by atoms with Crippen LogP contribution in [0.25, 0.3) is 5.70 Å². The third-order valence-corrected chi connectivity index (χ3v) is 5.31. The molecule has 3 rings (SSSR count). The van der Waals surface area contributed by atoms with Gasteiger partial charge in [-0.2, -0.15) is 0 Å². The Morgan fingerprint density at radius 3 is 2.52 bits per heavy atom. The van der Waals surface area contributed by atoms with Crippen molar-refractivity contribution in [3.05, 3.63) is 46.1 Å². The van der Waals surface area contributed by atoms with Crippen molar-refractivity contribution in [1.82, 2.24) is 14.9 Å². The molecule has 25 heavy (non-hydrogen) atoms. The zero-order chi connectivity index (χ0) is 18.1. The zero-order valence-corrected chi connectivity index (χ0v) is 15.6. The molecule has 6 nitrogen and oxygen atoms in total. The summed E-state index contributed by atoms with van der Waals surface area (Å²) >= 11 is 1.27. The first-order chi connectivity index (χ1) is 12.0. The van der Waals surface area contributed by atoms with Gasteiger partial charge in [0.25, 0.3) is 0 Å². The molecule has 0 unspecified atom stereocenters. The van der Waals surface area contributed by atoms with Crippen LogP contribution < -0.4 is 5.01 Å². The highest BCUT2D eigenvalue weighted by molar-refractivity contribution is 8.04. The molecule has 2 aromatic rings. The Balaban J connectivity index is 2.28. The molecular weight excluding hydrogens is 336 g/mol. The molecule has 0 bridgehead atoms. The van der Waals surface area contributed by atoms with E-state index in [9.17, 15) is 9.59 Å². The van der Waals surface area contributed by atoms with Gasteiger partial charge in [0.1, 0.15) is 6.33 Å². The van der Waals surface area contributed by atoms with Gasteiger partial charge in [-0.05, 0) is 42.8 Å². The molecule has 1 amide bonds. The lowest BCUT2D eigenvalue weighted by Crippen LogP contribution is -2.41. The summed E-state index contributed by atoms with van der Waals surface area (Å²) in [6.45, 7) is 7.67. The summed E-state index contributed by atoms with van der Waals surface area (Å²) in [6.07, 6.45) is 2.17. The summed E-state index contributed by atoms with van der Waals surface area (Å²) in [6, 6.07) is 5.97. The first-order valence-corrected chi connectivity index (χ1v) is 9.05. The van der Waals surface area contributed by atoms with E-state index in [1.165, 1.54) is 23.1 Å². The van der Waals surface area contributed by atoms with Gasteiger partial charge >= 0.3 is 0 Å². The number of aryl methyl sites for hydroxylation is 2. The second kappa shape index (κ2) is 6.84. The average molecular weight is 356 g/mol. The summed E-state index contributed by atoms with van der Waals surface area (Å²) in [4.78, 5) is 25.9. The fourth-order valence-corrected chi connectivity index (χ4v) is 3.71. The van der Waals surface area contributed by atoms with E-state index in [2.05, 4.69) is 10.2 Å². The largest absolute Gasteiger partial charge is 0.294 e. The molecule has 0 N–H and O–H groups in total. The Hall–Kier alpha value is -2.41. The van der Waals surface area contributed by atoms with E-state index in [0.717, 1.165) is 16.7 Å². The highest BCUT2D eigenvalue weighted by Crippen LogP contribution is 2.39. The fourth-order valence-electron chi connectivity index (χ4n) is 2.65. The lowest BCUT2D eigenvalue weighted by molar-refractivity contribution is -0.119. The van der Waals surface area contributed by atoms with Gasteiger partial charge in [0.2, 0.25) is 11.1 Å². The molecular formula is C18H20N4O2S. The van der Waals surface area contributed by atoms with E-state index < -0.39 is 0 Å². The second-order valence-corrected chi connectivity index (χ2v) is 6.85. The normalized spacial score (nSPS) is 13.8. The molecule has 0 radical (unpaired) electrons. The zero-order valence-electron chi connectivity index (χ0n) is 14.7. The molecule has 0 spiro atoms. The molecule has 0 saturated carbocycles. The van der Waals surface area contributed by atoms with Gasteiger partial charge in [0.15, 0.2) is 5.78 Å². The van der Waals surface area contributed by atoms with Crippen molar-refractivity contribution < 1.29 is 9.59 Å². The molecule has 0 fully saturated rings. The van der Waals surface area contributed by atoms with Gasteiger partial charge in [-0.1, -0.05) is 26.0 Å². The highest BCUT2D eigenvalue weighted by atomic mass is 32.2. The number of rotatable bonds is 4. The van der Waals surface area contributed by atoms with Crippen LogP contribution in [0.4, 0.5) is 0 Å². The molecule has 0 aliphatic carbocycles. The summed E-state index contributed by atoms with van der Waals surface area (Å²) in [5.74, 6) is -0.127. The number of nitrogens with zero attached hydrogens (tertiary/aromatic N) is 4. The van der Waals surface area contributed by atoms with E-state index in [1.807, 2.05) is 39.0 Å². The maximum absolute atomic E-state index is 12.7. The number of ketones is 1. The van der Waals surface area contributed by atoms with Gasteiger partial charge in [-0.3, -0.25) is 9.59 Å². The number of hydrogen-bond acceptors (Lipinski definition) is 5. The van der Waals surface area contributed by atoms with Crippen molar-refractivity contribution in [2.75, 3.05) is 5.01 Å². The molecule has 1 aromatic heterocycles. The number of hydrogen-bond donors (Lipinski definition) is 0. The van der Waals surface area contributed by atoms with Crippen LogP contribution in [0.15, 0.2) is 34.6 Å². The molecule has 130 valence electrons. The van der Waals surface area contributed by atoms with Crippen molar-refractivity contribution in [3.63, 3.8) is 0 Å². The minimum atomic E-state index is -0.115. The Labute approximate surface area is 150 Å². The molecule has 0 atom stereocenters. The lowest BCUT2D eigenvalue weighted by atomic mass is 10.0. The van der Waals surface area contributed by atoms with Crippen LogP contribution in [-0.2, 0) is 9.59 Å². The first kappa shape index (κ1) is 17.4. The van der Waals surface area contributed by atoms with Gasteiger partial charge in [0, 0.05) is 18.4 Å². The third kappa shape index (κ3) is 3.00. The van der Waals surface area contributed by atoms with E-state index >= 15 is 0 Å². The number of allylic oxidation sites excluding steroid dienone is 1. The lowest BCUT2D eigenvalue weighted by Gasteiger charge is -2.32. The van der Waals surface area contributed by atoms with Gasteiger partial charge in [0.05, 0.1) is 10.6 Å². The summed E-state index contributed by atoms with van der Waals surface area (Å²) in [5, 5.41) is 10.0. The van der Waals surface area contributed by atoms with Crippen molar-refractivity contribution in [2.45, 2.75) is 45.7 Å². The van der Waals surface area contributed by atoms with Crippen molar-refractivity contribution in [1.29, 1.82) is 0 Å². The number of amides is 1. The smallest absolute Gasteiger partial charge is 0.246 e. The van der Waals surface area contributed by atoms with Crippen LogP contribution in [-0.4, -0.2) is 26.6 Å². The SMILES string of the molecule is CCC(=O)C1=C(c2ccc(C)c(C)c2)N(C(=O)CC)n2cnnc2S1. The molecule has 2 heterocycles. The van der Waals surface area contributed by atoms with Crippen LogP contribution in [0.3, 0.4) is 0 Å². The van der Waals surface area contributed by atoms with E-state index in [-0.39, 0.29) is 11.7 Å². The summed E-state index contributed by atoms with van der Waals surface area (Å²) in [7, 11) is 0. The topological polar surface area (TPSA) is 68.1 Å².